The fourth-order valence-electron chi connectivity index (χ4n) is 2.22. The number of rotatable bonds is 3. The van der Waals surface area contributed by atoms with E-state index in [-0.39, 0.29) is 0 Å². The molecule has 3 heterocycles. The van der Waals surface area contributed by atoms with Crippen LogP contribution in [0.3, 0.4) is 0 Å². The zero-order valence-corrected chi connectivity index (χ0v) is 12.4. The fraction of sp³-hybridized carbons (Fsp3) is 0. The fourth-order valence-corrected chi connectivity index (χ4v) is 2.94. The second kappa shape index (κ2) is 5.54. The number of aromatic nitrogens is 3. The first-order valence-corrected chi connectivity index (χ1v) is 7.75. The Labute approximate surface area is 131 Å². The minimum atomic E-state index is 0.792. The Bertz CT molecular complexity index is 918. The molecule has 106 valence electrons. The summed E-state index contributed by atoms with van der Waals surface area (Å²) in [6.45, 7) is 0. The zero-order chi connectivity index (χ0) is 14.8. The van der Waals surface area contributed by atoms with Gasteiger partial charge in [0.05, 0.1) is 5.69 Å². The molecule has 0 atom stereocenters. The number of benzene rings is 1. The van der Waals surface area contributed by atoms with Gasteiger partial charge in [-0.3, -0.25) is 4.98 Å². The van der Waals surface area contributed by atoms with Gasteiger partial charge in [-0.2, -0.15) is 0 Å². The summed E-state index contributed by atoms with van der Waals surface area (Å²) in [6.07, 6.45) is 3.64. The lowest BCUT2D eigenvalue weighted by Crippen LogP contribution is -1.93. The summed E-state index contributed by atoms with van der Waals surface area (Å²) in [7, 11) is 0. The molecule has 0 saturated heterocycles. The average Bonchev–Trinajstić information content (AvgIpc) is 3.04. The van der Waals surface area contributed by atoms with Gasteiger partial charge >= 0.3 is 0 Å². The highest BCUT2D eigenvalue weighted by Gasteiger charge is 2.06. The quantitative estimate of drug-likeness (QED) is 0.605. The molecular formula is C17H12N4S. The Kier molecular flexibility index (Phi) is 3.25. The van der Waals surface area contributed by atoms with Crippen molar-refractivity contribution in [2.24, 2.45) is 0 Å². The maximum Gasteiger partial charge on any atom is 0.188 e. The van der Waals surface area contributed by atoms with E-state index in [1.807, 2.05) is 48.0 Å². The Morgan fingerprint density at radius 2 is 1.73 bits per heavy atom. The smallest absolute Gasteiger partial charge is 0.188 e. The molecule has 0 aliphatic carbocycles. The van der Waals surface area contributed by atoms with Crippen LogP contribution in [0, 0.1) is 0 Å². The van der Waals surface area contributed by atoms with E-state index in [4.69, 9.17) is 0 Å². The molecule has 22 heavy (non-hydrogen) atoms. The summed E-state index contributed by atoms with van der Waals surface area (Å²) >= 11 is 1.54. The van der Waals surface area contributed by atoms with Crippen LogP contribution in [-0.4, -0.2) is 15.0 Å². The molecule has 4 aromatic rings. The topological polar surface area (TPSA) is 50.7 Å². The summed E-state index contributed by atoms with van der Waals surface area (Å²) in [5.41, 5.74) is 1.74. The maximum atomic E-state index is 4.56. The average molecular weight is 304 g/mol. The first kappa shape index (κ1) is 12.9. The molecule has 4 nitrogen and oxygen atoms in total. The van der Waals surface area contributed by atoms with E-state index in [0.29, 0.717) is 0 Å². The maximum absolute atomic E-state index is 4.56. The Hall–Kier alpha value is -2.79. The number of pyridine rings is 2. The predicted molar refractivity (Wildman–Crippen MR) is 90.4 cm³/mol. The lowest BCUT2D eigenvalue weighted by atomic mass is 10.2. The van der Waals surface area contributed by atoms with Crippen LogP contribution in [0.2, 0.25) is 0 Å². The van der Waals surface area contributed by atoms with E-state index in [1.165, 1.54) is 0 Å². The number of fused-ring (bicyclic) bond motifs is 1. The SMILES string of the molecule is c1ccc(-c2csc(Nc3cc4ccccc4cn3)n2)nc1. The zero-order valence-electron chi connectivity index (χ0n) is 11.6. The van der Waals surface area contributed by atoms with Crippen molar-refractivity contribution in [1.29, 1.82) is 0 Å². The van der Waals surface area contributed by atoms with Crippen molar-refractivity contribution >= 4 is 33.1 Å². The third kappa shape index (κ3) is 2.54. The molecule has 0 bridgehead atoms. The van der Waals surface area contributed by atoms with Crippen LogP contribution in [0.4, 0.5) is 10.9 Å². The molecule has 0 radical (unpaired) electrons. The monoisotopic (exact) mass is 304 g/mol. The molecule has 1 aromatic carbocycles. The third-order valence-corrected chi connectivity index (χ3v) is 4.06. The molecule has 1 N–H and O–H groups in total. The van der Waals surface area contributed by atoms with E-state index < -0.39 is 0 Å². The number of hydrogen-bond donors (Lipinski definition) is 1. The molecule has 0 aliphatic heterocycles. The first-order chi connectivity index (χ1) is 10.9. The van der Waals surface area contributed by atoms with Gasteiger partial charge in [-0.05, 0) is 23.6 Å². The van der Waals surface area contributed by atoms with Gasteiger partial charge in [0.2, 0.25) is 0 Å². The molecule has 3 aromatic heterocycles. The standard InChI is InChI=1S/C17H12N4S/c1-2-6-13-10-19-16(9-12(13)5-1)21-17-20-15(11-22-17)14-7-3-4-8-18-14/h1-11H,(H,19,20,21). The highest BCUT2D eigenvalue weighted by Crippen LogP contribution is 2.26. The lowest BCUT2D eigenvalue weighted by Gasteiger charge is -2.03. The number of nitrogens with zero attached hydrogens (tertiary/aromatic N) is 3. The van der Waals surface area contributed by atoms with Crippen LogP contribution in [0.25, 0.3) is 22.2 Å². The van der Waals surface area contributed by atoms with E-state index in [9.17, 15) is 0 Å². The highest BCUT2D eigenvalue weighted by atomic mass is 32.1. The van der Waals surface area contributed by atoms with Crippen LogP contribution in [0.1, 0.15) is 0 Å². The lowest BCUT2D eigenvalue weighted by molar-refractivity contribution is 1.26. The van der Waals surface area contributed by atoms with E-state index in [2.05, 4.69) is 32.4 Å². The second-order valence-corrected chi connectivity index (χ2v) is 5.65. The van der Waals surface area contributed by atoms with Crippen LogP contribution in [0.5, 0.6) is 0 Å². The summed E-state index contributed by atoms with van der Waals surface area (Å²) < 4.78 is 0. The number of nitrogens with one attached hydrogen (secondary N) is 1. The van der Waals surface area contributed by atoms with E-state index in [0.717, 1.165) is 33.1 Å². The number of anilines is 2. The van der Waals surface area contributed by atoms with E-state index in [1.54, 1.807) is 17.5 Å². The second-order valence-electron chi connectivity index (χ2n) is 4.79. The van der Waals surface area contributed by atoms with Crippen LogP contribution in [-0.2, 0) is 0 Å². The largest absolute Gasteiger partial charge is 0.316 e. The van der Waals surface area contributed by atoms with Crippen molar-refractivity contribution in [1.82, 2.24) is 15.0 Å². The van der Waals surface area contributed by atoms with Crippen LogP contribution >= 0.6 is 11.3 Å². The summed E-state index contributed by atoms with van der Waals surface area (Å²) in [5.74, 6) is 0.792. The molecule has 0 aliphatic rings. The van der Waals surface area contributed by atoms with Crippen molar-refractivity contribution in [2.45, 2.75) is 0 Å². The summed E-state index contributed by atoms with van der Waals surface area (Å²) in [6, 6.07) is 16.0. The molecule has 0 amide bonds. The summed E-state index contributed by atoms with van der Waals surface area (Å²) in [5, 5.41) is 8.34. The molecular weight excluding hydrogens is 292 g/mol. The number of thiazole rings is 1. The van der Waals surface area contributed by atoms with E-state index >= 15 is 0 Å². The van der Waals surface area contributed by atoms with Crippen molar-refractivity contribution < 1.29 is 0 Å². The predicted octanol–water partition coefficient (Wildman–Crippen LogP) is 4.50. The molecule has 0 unspecified atom stereocenters. The van der Waals surface area contributed by atoms with Crippen LogP contribution < -0.4 is 5.32 Å². The van der Waals surface area contributed by atoms with Gasteiger partial charge in [-0.1, -0.05) is 30.3 Å². The molecule has 4 rings (SSSR count). The highest BCUT2D eigenvalue weighted by molar-refractivity contribution is 7.14. The van der Waals surface area contributed by atoms with Crippen molar-refractivity contribution in [2.75, 3.05) is 5.32 Å². The third-order valence-electron chi connectivity index (χ3n) is 3.30. The van der Waals surface area contributed by atoms with Crippen molar-refractivity contribution in [3.8, 4) is 11.4 Å². The van der Waals surface area contributed by atoms with Gasteiger partial charge in [0, 0.05) is 23.2 Å². The Morgan fingerprint density at radius 1 is 0.864 bits per heavy atom. The Morgan fingerprint density at radius 3 is 2.59 bits per heavy atom. The minimum Gasteiger partial charge on any atom is -0.316 e. The molecule has 0 fully saturated rings. The molecule has 0 spiro atoms. The van der Waals surface area contributed by atoms with Gasteiger partial charge < -0.3 is 5.32 Å². The van der Waals surface area contributed by atoms with Crippen molar-refractivity contribution in [3.05, 3.63) is 66.3 Å². The van der Waals surface area contributed by atoms with Gasteiger partial charge in [0.25, 0.3) is 0 Å². The molecule has 5 heteroatoms. The first-order valence-electron chi connectivity index (χ1n) is 6.87. The van der Waals surface area contributed by atoms with Gasteiger partial charge in [0.1, 0.15) is 11.5 Å². The van der Waals surface area contributed by atoms with Gasteiger partial charge in [-0.25, -0.2) is 9.97 Å². The summed E-state index contributed by atoms with van der Waals surface area (Å²) in [4.78, 5) is 13.3. The van der Waals surface area contributed by atoms with Crippen molar-refractivity contribution in [3.63, 3.8) is 0 Å². The van der Waals surface area contributed by atoms with Gasteiger partial charge in [0.15, 0.2) is 5.13 Å². The van der Waals surface area contributed by atoms with Crippen LogP contribution in [0.15, 0.2) is 66.3 Å². The Balaban J connectivity index is 1.61. The normalized spacial score (nSPS) is 10.7. The van der Waals surface area contributed by atoms with Gasteiger partial charge in [-0.15, -0.1) is 11.3 Å². The molecule has 0 saturated carbocycles. The minimum absolute atomic E-state index is 0.792. The number of hydrogen-bond acceptors (Lipinski definition) is 5.